The first-order valence-corrected chi connectivity index (χ1v) is 18.6. The molecule has 0 saturated carbocycles. The molecule has 0 aromatic heterocycles. The van der Waals surface area contributed by atoms with Crippen molar-refractivity contribution in [1.29, 1.82) is 0 Å². The van der Waals surface area contributed by atoms with Crippen molar-refractivity contribution in [3.05, 3.63) is 112 Å². The molecule has 2 N–H and O–H groups in total. The molecule has 0 aliphatic rings. The Kier molecular flexibility index (Phi) is 28.9. The van der Waals surface area contributed by atoms with Crippen LogP contribution in [0.5, 0.6) is 0 Å². The molecule has 0 aliphatic carbocycles. The number of carbonyl (C=O) groups excluding carboxylic acids is 6. The van der Waals surface area contributed by atoms with Crippen LogP contribution in [0.3, 0.4) is 0 Å². The zero-order valence-corrected chi connectivity index (χ0v) is 35.5. The number of rotatable bonds is 18. The fourth-order valence-corrected chi connectivity index (χ4v) is 4.38. The number of hydrogen-bond acceptors (Lipinski definition) is 13. The number of aryl methyl sites for hydroxylation is 1. The maximum absolute atomic E-state index is 12.4. The number of nitrogens with one attached hydrogen (secondary N) is 2. The van der Waals surface area contributed by atoms with Gasteiger partial charge in [0.1, 0.15) is 39.3 Å². The fraction of sp³-hybridized carbons (Fsp3) is 0.333. The maximum Gasteiger partial charge on any atom is 0.411 e. The predicted molar refractivity (Wildman–Crippen MR) is 229 cm³/mol. The Labute approximate surface area is 347 Å². The van der Waals surface area contributed by atoms with E-state index < -0.39 is 24.0 Å². The lowest BCUT2D eigenvalue weighted by Gasteiger charge is -2.11. The molecule has 59 heavy (non-hydrogen) atoms. The molecule has 320 valence electrons. The zero-order valence-electron chi connectivity index (χ0n) is 35.5. The first-order chi connectivity index (χ1) is 28.3. The summed E-state index contributed by atoms with van der Waals surface area (Å²) >= 11 is 0. The highest BCUT2D eigenvalue weighted by Crippen LogP contribution is 2.16. The molecule has 1 amide bonds. The molecule has 0 bridgehead atoms. The van der Waals surface area contributed by atoms with Gasteiger partial charge in [0, 0.05) is 57.4 Å². The maximum atomic E-state index is 12.4. The van der Waals surface area contributed by atoms with Gasteiger partial charge in [-0.3, -0.25) is 24.5 Å². The number of benzene rings is 3. The number of anilines is 2. The number of ether oxygens (including phenoxy) is 6. The molecular formula is C45H58N2O12. The van der Waals surface area contributed by atoms with Gasteiger partial charge in [-0.2, -0.15) is 0 Å². The highest BCUT2D eigenvalue weighted by atomic mass is 16.6. The van der Waals surface area contributed by atoms with Crippen LogP contribution >= 0.6 is 0 Å². The van der Waals surface area contributed by atoms with Crippen LogP contribution in [0.2, 0.25) is 0 Å². The summed E-state index contributed by atoms with van der Waals surface area (Å²) in [6.07, 6.45) is 5.55. The Morgan fingerprint density at radius 1 is 0.559 bits per heavy atom. The zero-order chi connectivity index (χ0) is 44.4. The summed E-state index contributed by atoms with van der Waals surface area (Å²) in [5.74, 6) is -1.34. The van der Waals surface area contributed by atoms with Gasteiger partial charge in [0.15, 0.2) is 0 Å². The van der Waals surface area contributed by atoms with Crippen molar-refractivity contribution in [2.75, 3.05) is 64.4 Å². The van der Waals surface area contributed by atoms with Crippen molar-refractivity contribution >= 4 is 66.4 Å². The Hall–Kier alpha value is -6.54. The molecule has 0 atom stereocenters. The summed E-state index contributed by atoms with van der Waals surface area (Å²) in [7, 11) is 3.44. The average Bonchev–Trinajstić information content (AvgIpc) is 3.22. The van der Waals surface area contributed by atoms with E-state index in [0.717, 1.165) is 34.2 Å². The lowest BCUT2D eigenvalue weighted by atomic mass is 10.1. The van der Waals surface area contributed by atoms with Crippen molar-refractivity contribution in [3.63, 3.8) is 0 Å². The molecular weight excluding hydrogens is 760 g/mol. The standard InChI is InChI=1S/C28H32N2O8.C13H16O3.C2H4O.C2H6/c1-19(31)35-15-24(16-36-20(2)32)13-23-7-11-27(12-8-23)30-28(34)38-18-25(17-37-21(3)33)14-22-5-9-26(29-4)10-6-22;1-11-3-5-12(6-4-11)7-13(8-15-2)9-16-10-14;1-2-3;1-2/h5-14,29H,15-18H2,1-4H3,(H,30,34);3-7,10H,8-9H2,1-2H3;2H,1H3;1-2H3/b25-14-;13-7+;;. The predicted octanol–water partition coefficient (Wildman–Crippen LogP) is 7.86. The Morgan fingerprint density at radius 2 is 0.915 bits per heavy atom. The minimum Gasteiger partial charge on any atom is -0.463 e. The topological polar surface area (TPSA) is 182 Å². The van der Waals surface area contributed by atoms with E-state index in [1.165, 1.54) is 33.3 Å². The lowest BCUT2D eigenvalue weighted by molar-refractivity contribution is -0.142. The van der Waals surface area contributed by atoms with Crippen molar-refractivity contribution in [3.8, 4) is 0 Å². The summed E-state index contributed by atoms with van der Waals surface area (Å²) in [5.41, 5.74) is 7.45. The first kappa shape index (κ1) is 52.5. The van der Waals surface area contributed by atoms with E-state index in [2.05, 4.69) is 10.6 Å². The van der Waals surface area contributed by atoms with Crippen LogP contribution in [0.15, 0.2) is 89.5 Å². The summed E-state index contributed by atoms with van der Waals surface area (Å²) in [6, 6.07) is 22.5. The molecule has 0 spiro atoms. The Morgan fingerprint density at radius 3 is 1.27 bits per heavy atom. The Bertz CT molecular complexity index is 1780. The van der Waals surface area contributed by atoms with E-state index in [0.29, 0.717) is 29.9 Å². The molecule has 14 nitrogen and oxygen atoms in total. The molecule has 3 aromatic carbocycles. The fourth-order valence-electron chi connectivity index (χ4n) is 4.38. The number of amides is 1. The summed E-state index contributed by atoms with van der Waals surface area (Å²) in [4.78, 5) is 64.8. The second-order valence-corrected chi connectivity index (χ2v) is 11.9. The van der Waals surface area contributed by atoms with E-state index in [9.17, 15) is 24.0 Å². The molecule has 14 heteroatoms. The quantitative estimate of drug-likeness (QED) is 0.0720. The van der Waals surface area contributed by atoms with Crippen LogP contribution in [0.1, 0.15) is 63.8 Å². The van der Waals surface area contributed by atoms with Crippen LogP contribution < -0.4 is 10.6 Å². The van der Waals surface area contributed by atoms with E-state index in [1.54, 1.807) is 43.5 Å². The molecule has 0 unspecified atom stereocenters. The monoisotopic (exact) mass is 818 g/mol. The van der Waals surface area contributed by atoms with Gasteiger partial charge >= 0.3 is 24.0 Å². The van der Waals surface area contributed by atoms with Crippen molar-refractivity contribution in [2.45, 2.75) is 48.5 Å². The highest BCUT2D eigenvalue weighted by Gasteiger charge is 2.09. The van der Waals surface area contributed by atoms with Gasteiger partial charge in [-0.1, -0.05) is 74.0 Å². The first-order valence-electron chi connectivity index (χ1n) is 18.6. The van der Waals surface area contributed by atoms with E-state index >= 15 is 0 Å². The molecule has 0 saturated heterocycles. The molecule has 0 radical (unpaired) electrons. The van der Waals surface area contributed by atoms with Crippen LogP contribution in [0.25, 0.3) is 18.2 Å². The van der Waals surface area contributed by atoms with Crippen molar-refractivity contribution in [1.82, 2.24) is 0 Å². The Balaban J connectivity index is 0.00000132. The van der Waals surface area contributed by atoms with Crippen LogP contribution in [0, 0.1) is 6.92 Å². The van der Waals surface area contributed by atoms with Gasteiger partial charge in [0.25, 0.3) is 6.47 Å². The number of carbonyl (C=O) groups is 6. The third-order valence-electron chi connectivity index (χ3n) is 6.98. The SMILES string of the molecule is CC.CC=O.CNc1ccc(/C=C(/COC(C)=O)COC(=O)Nc2ccc(C=C(COC(C)=O)COC(C)=O)cc2)cc1.COC/C(=C\c1ccc(C)cc1)COC=O. The van der Waals surface area contributed by atoms with Crippen LogP contribution in [-0.4, -0.2) is 90.6 Å². The largest absolute Gasteiger partial charge is 0.463 e. The molecule has 0 fully saturated rings. The molecule has 0 aliphatic heterocycles. The minimum atomic E-state index is -0.682. The number of esters is 3. The second-order valence-electron chi connectivity index (χ2n) is 11.9. The van der Waals surface area contributed by atoms with Gasteiger partial charge in [0.05, 0.1) is 6.61 Å². The third-order valence-corrected chi connectivity index (χ3v) is 6.98. The van der Waals surface area contributed by atoms with Gasteiger partial charge in [-0.05, 0) is 72.5 Å². The second kappa shape index (κ2) is 32.5. The molecule has 3 rings (SSSR count). The summed E-state index contributed by atoms with van der Waals surface area (Å²) in [5, 5.41) is 5.67. The van der Waals surface area contributed by atoms with E-state index in [-0.39, 0.29) is 33.0 Å². The van der Waals surface area contributed by atoms with Gasteiger partial charge < -0.3 is 38.5 Å². The van der Waals surface area contributed by atoms with Gasteiger partial charge in [0.2, 0.25) is 0 Å². The molecule has 0 heterocycles. The van der Waals surface area contributed by atoms with Crippen LogP contribution in [0.4, 0.5) is 16.2 Å². The lowest BCUT2D eigenvalue weighted by Crippen LogP contribution is -2.17. The average molecular weight is 819 g/mol. The number of aldehydes is 1. The number of hydrogen-bond donors (Lipinski definition) is 2. The third kappa shape index (κ3) is 26.9. The summed E-state index contributed by atoms with van der Waals surface area (Å²) in [6.45, 7) is 12.4. The summed E-state index contributed by atoms with van der Waals surface area (Å²) < 4.78 is 30.2. The molecule has 3 aromatic rings. The highest BCUT2D eigenvalue weighted by molar-refractivity contribution is 5.85. The van der Waals surface area contributed by atoms with Crippen molar-refractivity contribution in [2.24, 2.45) is 0 Å². The van der Waals surface area contributed by atoms with Gasteiger partial charge in [-0.15, -0.1) is 0 Å². The van der Waals surface area contributed by atoms with Crippen molar-refractivity contribution < 1.29 is 57.2 Å². The van der Waals surface area contributed by atoms with Crippen LogP contribution in [-0.2, 0) is 52.4 Å². The van der Waals surface area contributed by atoms with E-state index in [1.807, 2.05) is 82.4 Å². The van der Waals surface area contributed by atoms with E-state index in [4.69, 9.17) is 33.2 Å². The smallest absolute Gasteiger partial charge is 0.411 e. The van der Waals surface area contributed by atoms with Gasteiger partial charge in [-0.25, -0.2) is 4.79 Å². The normalized spacial score (nSPS) is 10.2. The minimum absolute atomic E-state index is 0.0134. The number of methoxy groups -OCH3 is 1.